The second kappa shape index (κ2) is 7.16. The maximum atomic E-state index is 12.7. The summed E-state index contributed by atoms with van der Waals surface area (Å²) in [4.78, 5) is 28.3. The third kappa shape index (κ3) is 3.57. The lowest BCUT2D eigenvalue weighted by Gasteiger charge is -2.27. The standard InChI is InChI=1S/C19H26N2O2/c1-2-21(17-6-3-4-7-17)19(23)16-11-9-15(10-12-16)14-20-13-5-8-18(20)22/h9-12,17H,2-8,13-14H2,1H3. The summed E-state index contributed by atoms with van der Waals surface area (Å²) in [5.41, 5.74) is 1.86. The number of nitrogens with zero attached hydrogens (tertiary/aromatic N) is 2. The van der Waals surface area contributed by atoms with E-state index in [0.29, 0.717) is 19.0 Å². The average Bonchev–Trinajstić information content (AvgIpc) is 3.22. The van der Waals surface area contributed by atoms with Gasteiger partial charge in [-0.1, -0.05) is 25.0 Å². The molecule has 1 saturated heterocycles. The lowest BCUT2D eigenvalue weighted by atomic mass is 10.1. The van der Waals surface area contributed by atoms with E-state index in [1.54, 1.807) is 0 Å². The highest BCUT2D eigenvalue weighted by atomic mass is 16.2. The Labute approximate surface area is 138 Å². The number of likely N-dealkylation sites (tertiary alicyclic amines) is 1. The van der Waals surface area contributed by atoms with Crippen LogP contribution in [0.1, 0.15) is 61.4 Å². The van der Waals surface area contributed by atoms with Gasteiger partial charge in [0.2, 0.25) is 5.91 Å². The van der Waals surface area contributed by atoms with Crippen LogP contribution in [0.3, 0.4) is 0 Å². The minimum absolute atomic E-state index is 0.142. The van der Waals surface area contributed by atoms with Crippen molar-refractivity contribution in [2.75, 3.05) is 13.1 Å². The van der Waals surface area contributed by atoms with Gasteiger partial charge in [0.25, 0.3) is 5.91 Å². The molecule has 1 aliphatic heterocycles. The molecular weight excluding hydrogens is 288 g/mol. The first-order valence-corrected chi connectivity index (χ1v) is 8.86. The molecule has 4 nitrogen and oxygen atoms in total. The van der Waals surface area contributed by atoms with Gasteiger partial charge in [-0.05, 0) is 43.9 Å². The van der Waals surface area contributed by atoms with Gasteiger partial charge in [0.1, 0.15) is 0 Å². The summed E-state index contributed by atoms with van der Waals surface area (Å²) in [5, 5.41) is 0. The van der Waals surface area contributed by atoms with Crippen molar-refractivity contribution in [1.82, 2.24) is 9.80 Å². The van der Waals surface area contributed by atoms with Crippen LogP contribution in [-0.2, 0) is 11.3 Å². The van der Waals surface area contributed by atoms with E-state index in [2.05, 4.69) is 6.92 Å². The van der Waals surface area contributed by atoms with E-state index >= 15 is 0 Å². The Bertz CT molecular complexity index is 561. The fourth-order valence-corrected chi connectivity index (χ4v) is 3.79. The smallest absolute Gasteiger partial charge is 0.254 e. The van der Waals surface area contributed by atoms with Crippen molar-refractivity contribution in [3.05, 3.63) is 35.4 Å². The summed E-state index contributed by atoms with van der Waals surface area (Å²) in [6.07, 6.45) is 6.36. The molecule has 1 heterocycles. The third-order valence-electron chi connectivity index (χ3n) is 5.11. The van der Waals surface area contributed by atoms with E-state index in [4.69, 9.17) is 0 Å². The number of amides is 2. The minimum atomic E-state index is 0.142. The van der Waals surface area contributed by atoms with Crippen LogP contribution in [0.25, 0.3) is 0 Å². The SMILES string of the molecule is CCN(C(=O)c1ccc(CN2CCCC2=O)cc1)C1CCCC1. The normalized spacial score (nSPS) is 18.7. The second-order valence-corrected chi connectivity index (χ2v) is 6.65. The van der Waals surface area contributed by atoms with Crippen LogP contribution in [0.15, 0.2) is 24.3 Å². The van der Waals surface area contributed by atoms with Crippen molar-refractivity contribution in [3.63, 3.8) is 0 Å². The highest BCUT2D eigenvalue weighted by molar-refractivity contribution is 5.94. The van der Waals surface area contributed by atoms with Gasteiger partial charge >= 0.3 is 0 Å². The molecule has 1 saturated carbocycles. The Morgan fingerprint density at radius 3 is 2.43 bits per heavy atom. The molecule has 4 heteroatoms. The van der Waals surface area contributed by atoms with Crippen LogP contribution >= 0.6 is 0 Å². The van der Waals surface area contributed by atoms with E-state index in [9.17, 15) is 9.59 Å². The first-order chi connectivity index (χ1) is 11.2. The van der Waals surface area contributed by atoms with Crippen LogP contribution in [-0.4, -0.2) is 40.7 Å². The van der Waals surface area contributed by atoms with Crippen molar-refractivity contribution in [1.29, 1.82) is 0 Å². The fourth-order valence-electron chi connectivity index (χ4n) is 3.79. The number of carbonyl (C=O) groups excluding carboxylic acids is 2. The van der Waals surface area contributed by atoms with Crippen molar-refractivity contribution >= 4 is 11.8 Å². The number of carbonyl (C=O) groups is 2. The van der Waals surface area contributed by atoms with Crippen LogP contribution < -0.4 is 0 Å². The van der Waals surface area contributed by atoms with Crippen LogP contribution in [0, 0.1) is 0 Å². The van der Waals surface area contributed by atoms with E-state index in [1.807, 2.05) is 34.1 Å². The summed E-state index contributed by atoms with van der Waals surface area (Å²) in [6.45, 7) is 4.34. The van der Waals surface area contributed by atoms with Gasteiger partial charge in [-0.15, -0.1) is 0 Å². The predicted octanol–water partition coefficient (Wildman–Crippen LogP) is 3.21. The van der Waals surface area contributed by atoms with Crippen molar-refractivity contribution in [2.24, 2.45) is 0 Å². The molecule has 124 valence electrons. The third-order valence-corrected chi connectivity index (χ3v) is 5.11. The molecule has 2 aliphatic rings. The Hall–Kier alpha value is -1.84. The zero-order valence-corrected chi connectivity index (χ0v) is 14.0. The molecule has 1 aromatic carbocycles. The van der Waals surface area contributed by atoms with Crippen LogP contribution in [0.4, 0.5) is 0 Å². The molecule has 1 aromatic rings. The molecule has 0 spiro atoms. The van der Waals surface area contributed by atoms with E-state index < -0.39 is 0 Å². The molecule has 1 aliphatic carbocycles. The molecule has 0 radical (unpaired) electrons. The summed E-state index contributed by atoms with van der Waals surface area (Å²) < 4.78 is 0. The first-order valence-electron chi connectivity index (χ1n) is 8.86. The van der Waals surface area contributed by atoms with Gasteiger partial charge in [0, 0.05) is 37.7 Å². The maximum Gasteiger partial charge on any atom is 0.254 e. The molecule has 0 aromatic heterocycles. The molecule has 2 amide bonds. The lowest BCUT2D eigenvalue weighted by molar-refractivity contribution is -0.128. The highest BCUT2D eigenvalue weighted by Gasteiger charge is 2.26. The van der Waals surface area contributed by atoms with E-state index in [0.717, 1.165) is 43.5 Å². The molecule has 3 rings (SSSR count). The lowest BCUT2D eigenvalue weighted by Crippen LogP contribution is -2.38. The molecule has 0 atom stereocenters. The number of hydrogen-bond donors (Lipinski definition) is 0. The molecule has 0 unspecified atom stereocenters. The Balaban J connectivity index is 1.65. The molecule has 0 N–H and O–H groups in total. The summed E-state index contributed by atoms with van der Waals surface area (Å²) >= 11 is 0. The second-order valence-electron chi connectivity index (χ2n) is 6.65. The largest absolute Gasteiger partial charge is 0.338 e. The average molecular weight is 314 g/mol. The highest BCUT2D eigenvalue weighted by Crippen LogP contribution is 2.25. The zero-order valence-electron chi connectivity index (χ0n) is 14.0. The van der Waals surface area contributed by atoms with Gasteiger partial charge < -0.3 is 9.80 Å². The summed E-state index contributed by atoms with van der Waals surface area (Å²) in [6, 6.07) is 8.21. The molecular formula is C19H26N2O2. The van der Waals surface area contributed by atoms with Gasteiger partial charge in [0.15, 0.2) is 0 Å². The Morgan fingerprint density at radius 1 is 1.17 bits per heavy atom. The quantitative estimate of drug-likeness (QED) is 0.837. The van der Waals surface area contributed by atoms with Crippen LogP contribution in [0.2, 0.25) is 0 Å². The first kappa shape index (κ1) is 16.0. The van der Waals surface area contributed by atoms with Crippen LogP contribution in [0.5, 0.6) is 0 Å². The topological polar surface area (TPSA) is 40.6 Å². The van der Waals surface area contributed by atoms with Crippen molar-refractivity contribution in [2.45, 2.75) is 58.0 Å². The van der Waals surface area contributed by atoms with Crippen molar-refractivity contribution in [3.8, 4) is 0 Å². The Kier molecular flexibility index (Phi) is 4.99. The fraction of sp³-hybridized carbons (Fsp3) is 0.579. The number of rotatable bonds is 5. The monoisotopic (exact) mass is 314 g/mol. The van der Waals surface area contributed by atoms with Gasteiger partial charge in [-0.25, -0.2) is 0 Å². The number of benzene rings is 1. The summed E-state index contributed by atoms with van der Waals surface area (Å²) in [5.74, 6) is 0.381. The number of hydrogen-bond acceptors (Lipinski definition) is 2. The van der Waals surface area contributed by atoms with Gasteiger partial charge in [-0.3, -0.25) is 9.59 Å². The molecule has 23 heavy (non-hydrogen) atoms. The van der Waals surface area contributed by atoms with Crippen molar-refractivity contribution < 1.29 is 9.59 Å². The van der Waals surface area contributed by atoms with Gasteiger partial charge in [0.05, 0.1) is 0 Å². The van der Waals surface area contributed by atoms with Gasteiger partial charge in [-0.2, -0.15) is 0 Å². The molecule has 2 fully saturated rings. The molecule has 0 bridgehead atoms. The van der Waals surface area contributed by atoms with E-state index in [-0.39, 0.29) is 11.8 Å². The maximum absolute atomic E-state index is 12.7. The summed E-state index contributed by atoms with van der Waals surface area (Å²) in [7, 11) is 0. The van der Waals surface area contributed by atoms with E-state index in [1.165, 1.54) is 12.8 Å². The Morgan fingerprint density at radius 2 is 1.87 bits per heavy atom. The predicted molar refractivity (Wildman–Crippen MR) is 90.1 cm³/mol. The zero-order chi connectivity index (χ0) is 16.2. The minimum Gasteiger partial charge on any atom is -0.338 e.